The maximum atomic E-state index is 13.0. The molecule has 0 fully saturated rings. The zero-order valence-electron chi connectivity index (χ0n) is 8.77. The Balaban J connectivity index is 2.26. The van der Waals surface area contributed by atoms with Gasteiger partial charge in [-0.3, -0.25) is 0 Å². The second kappa shape index (κ2) is 4.18. The van der Waals surface area contributed by atoms with Crippen molar-refractivity contribution in [3.05, 3.63) is 47.9 Å². The smallest absolute Gasteiger partial charge is 0.219 e. The van der Waals surface area contributed by atoms with Gasteiger partial charge in [-0.15, -0.1) is 0 Å². The van der Waals surface area contributed by atoms with Gasteiger partial charge in [-0.25, -0.2) is 9.37 Å². The molecule has 82 valence electrons. The van der Waals surface area contributed by atoms with Gasteiger partial charge in [0.15, 0.2) is 5.75 Å². The van der Waals surface area contributed by atoms with Gasteiger partial charge >= 0.3 is 0 Å². The zero-order chi connectivity index (χ0) is 11.5. The number of halogens is 1. The second-order valence-electron chi connectivity index (χ2n) is 3.46. The maximum Gasteiger partial charge on any atom is 0.219 e. The van der Waals surface area contributed by atoms with Gasteiger partial charge in [0.05, 0.1) is 5.69 Å². The fourth-order valence-electron chi connectivity index (χ4n) is 1.22. The molecule has 1 heterocycles. The van der Waals surface area contributed by atoms with Crippen LogP contribution in [0.5, 0.6) is 11.6 Å². The highest BCUT2D eigenvalue weighted by Gasteiger charge is 2.04. The van der Waals surface area contributed by atoms with Gasteiger partial charge < -0.3 is 10.5 Å². The number of benzene rings is 1. The molecule has 0 saturated carbocycles. The molecule has 1 aromatic heterocycles. The minimum absolute atomic E-state index is 0.274. The third kappa shape index (κ3) is 2.28. The zero-order valence-corrected chi connectivity index (χ0v) is 8.77. The van der Waals surface area contributed by atoms with Gasteiger partial charge in [-0.2, -0.15) is 0 Å². The summed E-state index contributed by atoms with van der Waals surface area (Å²) >= 11 is 0. The van der Waals surface area contributed by atoms with Crippen LogP contribution < -0.4 is 10.5 Å². The first-order valence-electron chi connectivity index (χ1n) is 4.81. The summed E-state index contributed by atoms with van der Waals surface area (Å²) in [5.41, 5.74) is 7.05. The Kier molecular flexibility index (Phi) is 2.72. The average Bonchev–Trinajstić information content (AvgIpc) is 2.27. The molecular weight excluding hydrogens is 207 g/mol. The molecule has 3 nitrogen and oxygen atoms in total. The Morgan fingerprint density at radius 1 is 1.25 bits per heavy atom. The van der Waals surface area contributed by atoms with Crippen molar-refractivity contribution >= 4 is 5.69 Å². The molecule has 0 aliphatic heterocycles. The van der Waals surface area contributed by atoms with Gasteiger partial charge in [-0.05, 0) is 24.6 Å². The number of hydrogen-bond donors (Lipinski definition) is 1. The molecule has 0 aliphatic carbocycles. The number of rotatable bonds is 2. The molecule has 0 atom stereocenters. The lowest BCUT2D eigenvalue weighted by Gasteiger charge is -2.07. The summed E-state index contributed by atoms with van der Waals surface area (Å²) in [5, 5.41) is 0. The minimum atomic E-state index is -0.392. The fourth-order valence-corrected chi connectivity index (χ4v) is 1.22. The quantitative estimate of drug-likeness (QED) is 0.788. The monoisotopic (exact) mass is 218 g/mol. The molecule has 2 rings (SSSR count). The van der Waals surface area contributed by atoms with Crippen LogP contribution in [0.25, 0.3) is 0 Å². The number of hydrogen-bond acceptors (Lipinski definition) is 3. The molecular formula is C12H11FN2O. The van der Waals surface area contributed by atoms with Crippen molar-refractivity contribution in [3.8, 4) is 11.6 Å². The van der Waals surface area contributed by atoms with Gasteiger partial charge in [-0.1, -0.05) is 6.07 Å². The third-order valence-corrected chi connectivity index (χ3v) is 2.07. The summed E-state index contributed by atoms with van der Waals surface area (Å²) < 4.78 is 18.3. The lowest BCUT2D eigenvalue weighted by Crippen LogP contribution is -1.94. The standard InChI is InChI=1S/C12H11FN2O/c1-8-2-5-12(15-7-8)16-11-6-9(13)3-4-10(11)14/h2-7H,14H2,1H3. The Morgan fingerprint density at radius 2 is 2.06 bits per heavy atom. The van der Waals surface area contributed by atoms with Gasteiger partial charge in [0.25, 0.3) is 0 Å². The van der Waals surface area contributed by atoms with E-state index in [2.05, 4.69) is 4.98 Å². The molecule has 4 heteroatoms. The average molecular weight is 218 g/mol. The molecule has 0 amide bonds. The van der Waals surface area contributed by atoms with E-state index in [-0.39, 0.29) is 5.75 Å². The number of pyridine rings is 1. The Bertz CT molecular complexity index is 497. The molecule has 2 N–H and O–H groups in total. The van der Waals surface area contributed by atoms with Crippen LogP contribution in [0.2, 0.25) is 0 Å². The molecule has 0 unspecified atom stereocenters. The van der Waals surface area contributed by atoms with Crippen molar-refractivity contribution in [2.24, 2.45) is 0 Å². The summed E-state index contributed by atoms with van der Waals surface area (Å²) in [6.45, 7) is 1.92. The highest BCUT2D eigenvalue weighted by atomic mass is 19.1. The molecule has 0 bridgehead atoms. The number of aryl methyl sites for hydroxylation is 1. The van der Waals surface area contributed by atoms with Crippen LogP contribution in [0, 0.1) is 12.7 Å². The Hall–Kier alpha value is -2.10. The predicted molar refractivity (Wildman–Crippen MR) is 59.9 cm³/mol. The van der Waals surface area contributed by atoms with Crippen molar-refractivity contribution < 1.29 is 9.13 Å². The lowest BCUT2D eigenvalue weighted by molar-refractivity contribution is 0.460. The molecule has 16 heavy (non-hydrogen) atoms. The van der Waals surface area contributed by atoms with E-state index in [4.69, 9.17) is 10.5 Å². The first-order valence-corrected chi connectivity index (χ1v) is 4.81. The number of nitrogen functional groups attached to an aromatic ring is 1. The number of nitrogens with two attached hydrogens (primary N) is 1. The van der Waals surface area contributed by atoms with E-state index in [9.17, 15) is 4.39 Å². The van der Waals surface area contributed by atoms with Crippen LogP contribution in [0.3, 0.4) is 0 Å². The summed E-state index contributed by atoms with van der Waals surface area (Å²) in [6.07, 6.45) is 1.67. The topological polar surface area (TPSA) is 48.1 Å². The van der Waals surface area contributed by atoms with Crippen molar-refractivity contribution in [2.45, 2.75) is 6.92 Å². The molecule has 0 saturated heterocycles. The summed E-state index contributed by atoms with van der Waals surface area (Å²) in [6, 6.07) is 7.54. The molecule has 0 aliphatic rings. The van der Waals surface area contributed by atoms with Gasteiger partial charge in [0, 0.05) is 18.3 Å². The molecule has 2 aromatic rings. The molecule has 0 spiro atoms. The SMILES string of the molecule is Cc1ccc(Oc2cc(F)ccc2N)nc1. The van der Waals surface area contributed by atoms with Gasteiger partial charge in [0.1, 0.15) is 5.82 Å². The van der Waals surface area contributed by atoms with Crippen LogP contribution in [-0.2, 0) is 0 Å². The van der Waals surface area contributed by atoms with Crippen LogP contribution in [0.4, 0.5) is 10.1 Å². The number of ether oxygens (including phenoxy) is 1. The summed E-state index contributed by atoms with van der Waals surface area (Å²) in [5.74, 6) is 0.274. The Labute approximate surface area is 92.7 Å². The number of anilines is 1. The molecule has 1 aromatic carbocycles. The van der Waals surface area contributed by atoms with E-state index >= 15 is 0 Å². The van der Waals surface area contributed by atoms with Crippen LogP contribution >= 0.6 is 0 Å². The Morgan fingerprint density at radius 3 is 2.75 bits per heavy atom. The van der Waals surface area contributed by atoms with Crippen LogP contribution in [0.15, 0.2) is 36.5 Å². The highest BCUT2D eigenvalue weighted by Crippen LogP contribution is 2.26. The van der Waals surface area contributed by atoms with Crippen LogP contribution in [0.1, 0.15) is 5.56 Å². The molecule has 0 radical (unpaired) electrons. The van der Waals surface area contributed by atoms with Gasteiger partial charge in [0.2, 0.25) is 5.88 Å². The fraction of sp³-hybridized carbons (Fsp3) is 0.0833. The van der Waals surface area contributed by atoms with Crippen molar-refractivity contribution in [3.63, 3.8) is 0 Å². The first kappa shape index (κ1) is 10.4. The largest absolute Gasteiger partial charge is 0.437 e. The summed E-state index contributed by atoms with van der Waals surface area (Å²) in [4.78, 5) is 4.04. The highest BCUT2D eigenvalue weighted by molar-refractivity contribution is 5.53. The first-order chi connectivity index (χ1) is 7.65. The van der Waals surface area contributed by atoms with Crippen molar-refractivity contribution in [1.82, 2.24) is 4.98 Å². The maximum absolute atomic E-state index is 13.0. The third-order valence-electron chi connectivity index (χ3n) is 2.07. The van der Waals surface area contributed by atoms with E-state index in [0.29, 0.717) is 11.6 Å². The number of nitrogens with zero attached hydrogens (tertiary/aromatic N) is 1. The van der Waals surface area contributed by atoms with Crippen molar-refractivity contribution in [2.75, 3.05) is 5.73 Å². The van der Waals surface area contributed by atoms with Crippen LogP contribution in [-0.4, -0.2) is 4.98 Å². The van der Waals surface area contributed by atoms with E-state index < -0.39 is 5.82 Å². The second-order valence-corrected chi connectivity index (χ2v) is 3.46. The van der Waals surface area contributed by atoms with E-state index in [1.807, 2.05) is 13.0 Å². The van der Waals surface area contributed by atoms with E-state index in [1.165, 1.54) is 18.2 Å². The van der Waals surface area contributed by atoms with Crippen molar-refractivity contribution in [1.29, 1.82) is 0 Å². The minimum Gasteiger partial charge on any atom is -0.437 e. The van der Waals surface area contributed by atoms with E-state index in [1.54, 1.807) is 12.3 Å². The van der Waals surface area contributed by atoms with E-state index in [0.717, 1.165) is 5.56 Å². The number of aromatic nitrogens is 1. The normalized spacial score (nSPS) is 10.1. The lowest BCUT2D eigenvalue weighted by atomic mass is 10.3. The summed E-state index contributed by atoms with van der Waals surface area (Å²) in [7, 11) is 0. The predicted octanol–water partition coefficient (Wildman–Crippen LogP) is 2.90.